The number of hydrogen-bond donors (Lipinski definition) is 0. The van der Waals surface area contributed by atoms with Crippen molar-refractivity contribution in [2.24, 2.45) is 0 Å². The van der Waals surface area contributed by atoms with Gasteiger partial charge in [-0.25, -0.2) is 4.98 Å². The first-order chi connectivity index (χ1) is 11.2. The zero-order valence-electron chi connectivity index (χ0n) is 13.6. The molecular formula is C20H21NO2. The third kappa shape index (κ3) is 4.01. The van der Waals surface area contributed by atoms with Crippen LogP contribution in [0.15, 0.2) is 59.0 Å². The second-order valence-corrected chi connectivity index (χ2v) is 5.65. The average molecular weight is 307 g/mol. The van der Waals surface area contributed by atoms with Crippen LogP contribution >= 0.6 is 0 Å². The molecule has 0 radical (unpaired) electrons. The highest BCUT2D eigenvalue weighted by molar-refractivity contribution is 5.53. The molecule has 2 aromatic carbocycles. The fourth-order valence-electron chi connectivity index (χ4n) is 2.43. The maximum atomic E-state index is 5.78. The van der Waals surface area contributed by atoms with Gasteiger partial charge in [-0.1, -0.05) is 35.9 Å². The molecule has 118 valence electrons. The topological polar surface area (TPSA) is 35.3 Å². The molecular weight excluding hydrogens is 286 g/mol. The Morgan fingerprint density at radius 3 is 2.43 bits per heavy atom. The van der Waals surface area contributed by atoms with Gasteiger partial charge in [-0.15, -0.1) is 0 Å². The lowest BCUT2D eigenvalue weighted by atomic mass is 10.2. The molecule has 0 saturated heterocycles. The van der Waals surface area contributed by atoms with Crippen molar-refractivity contribution in [3.63, 3.8) is 0 Å². The monoisotopic (exact) mass is 307 g/mol. The van der Waals surface area contributed by atoms with Crippen LogP contribution in [0.3, 0.4) is 0 Å². The van der Waals surface area contributed by atoms with E-state index in [-0.39, 0.29) is 0 Å². The maximum Gasteiger partial charge on any atom is 0.226 e. The summed E-state index contributed by atoms with van der Waals surface area (Å²) in [6.07, 6.45) is 1.77. The number of nitrogens with zero attached hydrogens (tertiary/aromatic N) is 1. The molecule has 0 fully saturated rings. The molecule has 1 aromatic heterocycles. The molecule has 3 aromatic rings. The Bertz CT molecular complexity index is 745. The first kappa shape index (κ1) is 15.3. The van der Waals surface area contributed by atoms with Crippen molar-refractivity contribution in [1.29, 1.82) is 0 Å². The molecule has 1 heterocycles. The van der Waals surface area contributed by atoms with E-state index in [4.69, 9.17) is 9.15 Å². The molecule has 0 bridgehead atoms. The standard InChI is InChI=1S/C20H21NO2/c1-15-10-12-18(13-11-15)22-14-6-9-19-16(2)23-20(21-19)17-7-4-3-5-8-17/h3-5,7-8,10-13H,6,9,14H2,1-2H3. The Labute approximate surface area is 136 Å². The lowest BCUT2D eigenvalue weighted by Gasteiger charge is -2.05. The molecule has 3 rings (SSSR count). The van der Waals surface area contributed by atoms with Crippen LogP contribution in [0.1, 0.15) is 23.4 Å². The zero-order valence-corrected chi connectivity index (χ0v) is 13.6. The van der Waals surface area contributed by atoms with Gasteiger partial charge in [0.2, 0.25) is 5.89 Å². The molecule has 0 amide bonds. The highest BCUT2D eigenvalue weighted by Crippen LogP contribution is 2.22. The summed E-state index contributed by atoms with van der Waals surface area (Å²) in [6, 6.07) is 18.1. The van der Waals surface area contributed by atoms with Gasteiger partial charge < -0.3 is 9.15 Å². The Morgan fingerprint density at radius 2 is 1.70 bits per heavy atom. The minimum atomic E-state index is 0.677. The van der Waals surface area contributed by atoms with Crippen LogP contribution in [0.5, 0.6) is 5.75 Å². The summed E-state index contributed by atoms with van der Waals surface area (Å²) in [5.41, 5.74) is 3.26. The van der Waals surface area contributed by atoms with Crippen LogP contribution < -0.4 is 4.74 Å². The summed E-state index contributed by atoms with van der Waals surface area (Å²) in [6.45, 7) is 4.72. The van der Waals surface area contributed by atoms with Crippen LogP contribution in [-0.2, 0) is 6.42 Å². The van der Waals surface area contributed by atoms with Crippen LogP contribution in [-0.4, -0.2) is 11.6 Å². The van der Waals surface area contributed by atoms with E-state index in [2.05, 4.69) is 24.0 Å². The van der Waals surface area contributed by atoms with Gasteiger partial charge in [-0.3, -0.25) is 0 Å². The molecule has 23 heavy (non-hydrogen) atoms. The molecule has 3 nitrogen and oxygen atoms in total. The minimum Gasteiger partial charge on any atom is -0.494 e. The predicted octanol–water partition coefficient (Wildman–Crippen LogP) is 4.97. The second-order valence-electron chi connectivity index (χ2n) is 5.65. The molecule has 0 N–H and O–H groups in total. The van der Waals surface area contributed by atoms with Crippen LogP contribution in [0.4, 0.5) is 0 Å². The highest BCUT2D eigenvalue weighted by Gasteiger charge is 2.10. The van der Waals surface area contributed by atoms with Crippen LogP contribution in [0.2, 0.25) is 0 Å². The lowest BCUT2D eigenvalue weighted by molar-refractivity contribution is 0.310. The van der Waals surface area contributed by atoms with Crippen LogP contribution in [0.25, 0.3) is 11.5 Å². The van der Waals surface area contributed by atoms with E-state index < -0.39 is 0 Å². The Kier molecular flexibility index (Phi) is 4.77. The first-order valence-corrected chi connectivity index (χ1v) is 7.93. The summed E-state index contributed by atoms with van der Waals surface area (Å²) in [5.74, 6) is 2.49. The quantitative estimate of drug-likeness (QED) is 0.603. The Hall–Kier alpha value is -2.55. The number of aromatic nitrogens is 1. The van der Waals surface area contributed by atoms with Crippen molar-refractivity contribution in [1.82, 2.24) is 4.98 Å². The molecule has 0 unspecified atom stereocenters. The van der Waals surface area contributed by atoms with E-state index in [1.54, 1.807) is 0 Å². The average Bonchev–Trinajstić information content (AvgIpc) is 2.95. The summed E-state index contributed by atoms with van der Waals surface area (Å²) >= 11 is 0. The van der Waals surface area contributed by atoms with Gasteiger partial charge >= 0.3 is 0 Å². The van der Waals surface area contributed by atoms with Gasteiger partial charge in [0.25, 0.3) is 0 Å². The van der Waals surface area contributed by atoms with Crippen molar-refractivity contribution in [3.05, 3.63) is 71.6 Å². The number of hydrogen-bond acceptors (Lipinski definition) is 3. The molecule has 0 spiro atoms. The summed E-state index contributed by atoms with van der Waals surface area (Å²) in [4.78, 5) is 4.61. The van der Waals surface area contributed by atoms with E-state index in [9.17, 15) is 0 Å². The van der Waals surface area contributed by atoms with Gasteiger partial charge in [-0.05, 0) is 51.0 Å². The Balaban J connectivity index is 1.54. The van der Waals surface area contributed by atoms with E-state index in [1.807, 2.05) is 49.4 Å². The third-order valence-corrected chi connectivity index (χ3v) is 3.76. The number of aryl methyl sites for hydroxylation is 3. The summed E-state index contributed by atoms with van der Waals surface area (Å²) in [5, 5.41) is 0. The van der Waals surface area contributed by atoms with E-state index in [0.717, 1.165) is 35.6 Å². The zero-order chi connectivity index (χ0) is 16.1. The smallest absolute Gasteiger partial charge is 0.226 e. The highest BCUT2D eigenvalue weighted by atomic mass is 16.5. The second kappa shape index (κ2) is 7.14. The van der Waals surface area contributed by atoms with Gasteiger partial charge in [0, 0.05) is 5.56 Å². The summed E-state index contributed by atoms with van der Waals surface area (Å²) in [7, 11) is 0. The fourth-order valence-corrected chi connectivity index (χ4v) is 2.43. The molecule has 0 aliphatic rings. The largest absolute Gasteiger partial charge is 0.494 e. The molecule has 0 saturated carbocycles. The van der Waals surface area contributed by atoms with Crippen molar-refractivity contribution in [3.8, 4) is 17.2 Å². The molecule has 3 heteroatoms. The number of rotatable bonds is 6. The van der Waals surface area contributed by atoms with Crippen LogP contribution in [0, 0.1) is 13.8 Å². The predicted molar refractivity (Wildman–Crippen MR) is 91.7 cm³/mol. The SMILES string of the molecule is Cc1ccc(OCCCc2nc(-c3ccccc3)oc2C)cc1. The Morgan fingerprint density at radius 1 is 0.957 bits per heavy atom. The normalized spacial score (nSPS) is 10.7. The third-order valence-electron chi connectivity index (χ3n) is 3.76. The van der Waals surface area contributed by atoms with Gasteiger partial charge in [0.1, 0.15) is 11.5 Å². The van der Waals surface area contributed by atoms with Gasteiger partial charge in [0.05, 0.1) is 12.3 Å². The molecule has 0 atom stereocenters. The van der Waals surface area contributed by atoms with E-state index >= 15 is 0 Å². The van der Waals surface area contributed by atoms with Crippen molar-refractivity contribution in [2.75, 3.05) is 6.61 Å². The maximum absolute atomic E-state index is 5.78. The van der Waals surface area contributed by atoms with E-state index in [1.165, 1.54) is 5.56 Å². The number of benzene rings is 2. The molecule has 0 aliphatic carbocycles. The fraction of sp³-hybridized carbons (Fsp3) is 0.250. The number of ether oxygens (including phenoxy) is 1. The lowest BCUT2D eigenvalue weighted by Crippen LogP contribution is -2.00. The van der Waals surface area contributed by atoms with Crippen molar-refractivity contribution < 1.29 is 9.15 Å². The van der Waals surface area contributed by atoms with Gasteiger partial charge in [0.15, 0.2) is 0 Å². The minimum absolute atomic E-state index is 0.677. The van der Waals surface area contributed by atoms with Crippen molar-refractivity contribution >= 4 is 0 Å². The van der Waals surface area contributed by atoms with Crippen molar-refractivity contribution in [2.45, 2.75) is 26.7 Å². The van der Waals surface area contributed by atoms with E-state index in [0.29, 0.717) is 12.5 Å². The number of oxazole rings is 1. The summed E-state index contributed by atoms with van der Waals surface area (Å²) < 4.78 is 11.5. The van der Waals surface area contributed by atoms with Gasteiger partial charge in [-0.2, -0.15) is 0 Å². The first-order valence-electron chi connectivity index (χ1n) is 7.93. The molecule has 0 aliphatic heterocycles.